The molecular formula is C11H18N2O2. The molecule has 1 aromatic heterocycles. The second kappa shape index (κ2) is 4.31. The van der Waals surface area contributed by atoms with Crippen molar-refractivity contribution in [2.75, 3.05) is 0 Å². The first-order chi connectivity index (χ1) is 7.18. The van der Waals surface area contributed by atoms with E-state index in [1.54, 1.807) is 6.92 Å². The summed E-state index contributed by atoms with van der Waals surface area (Å²) in [6.45, 7) is 3.64. The Balaban J connectivity index is 2.09. The number of aliphatic hydroxyl groups is 1. The third-order valence-electron chi connectivity index (χ3n) is 3.29. The SMILES string of the molecule is CC(O)C(C)c1nc(C2CCCC2)no1. The molecule has 0 aliphatic heterocycles. The number of hydrogen-bond donors (Lipinski definition) is 1. The van der Waals surface area contributed by atoms with Gasteiger partial charge in [0.2, 0.25) is 5.89 Å². The topological polar surface area (TPSA) is 59.2 Å². The lowest BCUT2D eigenvalue weighted by Gasteiger charge is -2.08. The first-order valence-electron chi connectivity index (χ1n) is 5.70. The molecule has 1 fully saturated rings. The summed E-state index contributed by atoms with van der Waals surface area (Å²) in [6, 6.07) is 0. The van der Waals surface area contributed by atoms with Crippen LogP contribution in [0.25, 0.3) is 0 Å². The Morgan fingerprint density at radius 3 is 2.60 bits per heavy atom. The normalized spacial score (nSPS) is 21.8. The Hall–Kier alpha value is -0.900. The molecule has 1 saturated carbocycles. The third kappa shape index (κ3) is 2.20. The minimum absolute atomic E-state index is 0.0762. The fourth-order valence-electron chi connectivity index (χ4n) is 1.99. The summed E-state index contributed by atoms with van der Waals surface area (Å²) in [5, 5.41) is 13.4. The maximum atomic E-state index is 9.42. The standard InChI is InChI=1S/C11H18N2O2/c1-7(8(2)14)11-12-10(13-15-11)9-5-3-4-6-9/h7-9,14H,3-6H2,1-2H3. The minimum atomic E-state index is -0.443. The third-order valence-corrected chi connectivity index (χ3v) is 3.29. The van der Waals surface area contributed by atoms with Crippen molar-refractivity contribution in [3.63, 3.8) is 0 Å². The van der Waals surface area contributed by atoms with Crippen LogP contribution in [0.3, 0.4) is 0 Å². The van der Waals surface area contributed by atoms with E-state index in [1.165, 1.54) is 25.7 Å². The van der Waals surface area contributed by atoms with Gasteiger partial charge in [0.05, 0.1) is 12.0 Å². The molecule has 0 saturated heterocycles. The Labute approximate surface area is 89.7 Å². The Bertz CT molecular complexity index is 300. The van der Waals surface area contributed by atoms with Crippen LogP contribution in [0, 0.1) is 0 Å². The van der Waals surface area contributed by atoms with Crippen LogP contribution in [0.4, 0.5) is 0 Å². The Morgan fingerprint density at radius 1 is 1.33 bits per heavy atom. The molecule has 1 aromatic rings. The summed E-state index contributed by atoms with van der Waals surface area (Å²) in [4.78, 5) is 4.38. The van der Waals surface area contributed by atoms with E-state index in [2.05, 4.69) is 10.1 Å². The van der Waals surface area contributed by atoms with Crippen molar-refractivity contribution in [1.29, 1.82) is 0 Å². The summed E-state index contributed by atoms with van der Waals surface area (Å²) in [5.41, 5.74) is 0. The van der Waals surface area contributed by atoms with Gasteiger partial charge in [0.1, 0.15) is 0 Å². The van der Waals surface area contributed by atoms with E-state index in [0.717, 1.165) is 5.82 Å². The zero-order valence-electron chi connectivity index (χ0n) is 9.31. The van der Waals surface area contributed by atoms with Crippen LogP contribution in [0.5, 0.6) is 0 Å². The van der Waals surface area contributed by atoms with E-state index in [9.17, 15) is 5.11 Å². The number of hydrogen-bond acceptors (Lipinski definition) is 4. The van der Waals surface area contributed by atoms with E-state index in [0.29, 0.717) is 11.8 Å². The Kier molecular flexibility index (Phi) is 3.05. The van der Waals surface area contributed by atoms with Crippen LogP contribution >= 0.6 is 0 Å². The van der Waals surface area contributed by atoms with E-state index in [-0.39, 0.29) is 5.92 Å². The molecule has 2 unspecified atom stereocenters. The summed E-state index contributed by atoms with van der Waals surface area (Å²) in [6.07, 6.45) is 4.42. The van der Waals surface area contributed by atoms with Gasteiger partial charge >= 0.3 is 0 Å². The first kappa shape index (κ1) is 10.6. The van der Waals surface area contributed by atoms with Crippen LogP contribution < -0.4 is 0 Å². The van der Waals surface area contributed by atoms with Gasteiger partial charge in [0.25, 0.3) is 0 Å². The van der Waals surface area contributed by atoms with Gasteiger partial charge in [-0.3, -0.25) is 0 Å². The van der Waals surface area contributed by atoms with Crippen LogP contribution in [0.2, 0.25) is 0 Å². The molecule has 4 nitrogen and oxygen atoms in total. The molecule has 4 heteroatoms. The molecule has 84 valence electrons. The van der Waals surface area contributed by atoms with Crippen molar-refractivity contribution < 1.29 is 9.63 Å². The predicted molar refractivity (Wildman–Crippen MR) is 55.6 cm³/mol. The summed E-state index contributed by atoms with van der Waals surface area (Å²) < 4.78 is 5.18. The van der Waals surface area contributed by atoms with Gasteiger partial charge in [-0.05, 0) is 19.8 Å². The van der Waals surface area contributed by atoms with Crippen LogP contribution in [0.15, 0.2) is 4.52 Å². The van der Waals surface area contributed by atoms with Gasteiger partial charge < -0.3 is 9.63 Å². The highest BCUT2D eigenvalue weighted by molar-refractivity contribution is 5.01. The van der Waals surface area contributed by atoms with Crippen LogP contribution in [-0.2, 0) is 0 Å². The summed E-state index contributed by atoms with van der Waals surface area (Å²) in [7, 11) is 0. The molecule has 1 aliphatic rings. The fourth-order valence-corrected chi connectivity index (χ4v) is 1.99. The number of rotatable bonds is 3. The number of aliphatic hydroxyl groups excluding tert-OH is 1. The zero-order chi connectivity index (χ0) is 10.8. The Morgan fingerprint density at radius 2 is 2.00 bits per heavy atom. The molecule has 0 bridgehead atoms. The quantitative estimate of drug-likeness (QED) is 0.831. The van der Waals surface area contributed by atoms with Gasteiger partial charge in [-0.2, -0.15) is 4.98 Å². The lowest BCUT2D eigenvalue weighted by atomic mass is 10.1. The highest BCUT2D eigenvalue weighted by atomic mass is 16.5. The molecular weight excluding hydrogens is 192 g/mol. The van der Waals surface area contributed by atoms with Crippen molar-refractivity contribution in [2.45, 2.75) is 57.5 Å². The van der Waals surface area contributed by atoms with E-state index >= 15 is 0 Å². The lowest BCUT2D eigenvalue weighted by molar-refractivity contribution is 0.151. The van der Waals surface area contributed by atoms with Crippen LogP contribution in [-0.4, -0.2) is 21.4 Å². The molecule has 0 aromatic carbocycles. The lowest BCUT2D eigenvalue weighted by Crippen LogP contribution is -2.11. The molecule has 0 radical (unpaired) electrons. The molecule has 0 amide bonds. The first-order valence-corrected chi connectivity index (χ1v) is 5.70. The highest BCUT2D eigenvalue weighted by Gasteiger charge is 2.25. The molecule has 1 heterocycles. The predicted octanol–water partition coefficient (Wildman–Crippen LogP) is 2.21. The molecule has 2 atom stereocenters. The maximum Gasteiger partial charge on any atom is 0.232 e. The summed E-state index contributed by atoms with van der Waals surface area (Å²) >= 11 is 0. The molecule has 2 rings (SSSR count). The number of aromatic nitrogens is 2. The van der Waals surface area contributed by atoms with Gasteiger partial charge in [0, 0.05) is 5.92 Å². The monoisotopic (exact) mass is 210 g/mol. The minimum Gasteiger partial charge on any atom is -0.393 e. The second-order valence-electron chi connectivity index (χ2n) is 4.50. The molecule has 0 spiro atoms. The van der Waals surface area contributed by atoms with E-state index in [4.69, 9.17) is 4.52 Å². The average molecular weight is 210 g/mol. The largest absolute Gasteiger partial charge is 0.393 e. The van der Waals surface area contributed by atoms with Crippen molar-refractivity contribution in [2.24, 2.45) is 0 Å². The van der Waals surface area contributed by atoms with Crippen molar-refractivity contribution in [1.82, 2.24) is 10.1 Å². The molecule has 1 aliphatic carbocycles. The molecule has 1 N–H and O–H groups in total. The average Bonchev–Trinajstić information content (AvgIpc) is 2.86. The maximum absolute atomic E-state index is 9.42. The van der Waals surface area contributed by atoms with Gasteiger partial charge in [-0.15, -0.1) is 0 Å². The summed E-state index contributed by atoms with van der Waals surface area (Å²) in [5.74, 6) is 1.79. The van der Waals surface area contributed by atoms with Crippen molar-refractivity contribution in [3.05, 3.63) is 11.7 Å². The van der Waals surface area contributed by atoms with Crippen LogP contribution in [0.1, 0.15) is 63.1 Å². The van der Waals surface area contributed by atoms with Gasteiger partial charge in [0.15, 0.2) is 5.82 Å². The van der Waals surface area contributed by atoms with Gasteiger partial charge in [-0.25, -0.2) is 0 Å². The number of nitrogens with zero attached hydrogens (tertiary/aromatic N) is 2. The second-order valence-corrected chi connectivity index (χ2v) is 4.50. The van der Waals surface area contributed by atoms with Crippen molar-refractivity contribution in [3.8, 4) is 0 Å². The van der Waals surface area contributed by atoms with E-state index in [1.807, 2.05) is 6.92 Å². The van der Waals surface area contributed by atoms with Crippen molar-refractivity contribution >= 4 is 0 Å². The highest BCUT2D eigenvalue weighted by Crippen LogP contribution is 2.33. The molecule has 15 heavy (non-hydrogen) atoms. The van der Waals surface area contributed by atoms with E-state index < -0.39 is 6.10 Å². The smallest absolute Gasteiger partial charge is 0.232 e. The van der Waals surface area contributed by atoms with Gasteiger partial charge in [-0.1, -0.05) is 24.9 Å². The zero-order valence-corrected chi connectivity index (χ0v) is 9.31. The fraction of sp³-hybridized carbons (Fsp3) is 0.818.